The van der Waals surface area contributed by atoms with Crippen molar-refractivity contribution < 1.29 is 9.59 Å². The SMILES string of the molecule is CC1=CC(C)=NC(=O)C1CN1Cc2ccc(-c3ccc(CNCCN)cc3)cc2C1=O. The minimum absolute atomic E-state index is 0.0219. The second-order valence-corrected chi connectivity index (χ2v) is 8.25. The van der Waals surface area contributed by atoms with E-state index in [0.717, 1.165) is 46.6 Å². The fraction of sp³-hybridized carbons (Fsp3) is 0.320. The number of amides is 2. The number of benzene rings is 2. The highest BCUT2D eigenvalue weighted by molar-refractivity contribution is 6.06. The number of nitrogens with zero attached hydrogens (tertiary/aromatic N) is 2. The Morgan fingerprint density at radius 2 is 1.84 bits per heavy atom. The molecule has 2 aliphatic heterocycles. The van der Waals surface area contributed by atoms with E-state index in [-0.39, 0.29) is 17.7 Å². The number of allylic oxidation sites excluding steroid dienone is 1. The van der Waals surface area contributed by atoms with E-state index < -0.39 is 0 Å². The maximum atomic E-state index is 13.1. The minimum Gasteiger partial charge on any atom is -0.333 e. The largest absolute Gasteiger partial charge is 0.333 e. The fourth-order valence-corrected chi connectivity index (χ4v) is 4.19. The lowest BCUT2D eigenvalue weighted by Gasteiger charge is -2.24. The van der Waals surface area contributed by atoms with Crippen LogP contribution in [-0.4, -0.2) is 42.1 Å². The molecule has 0 fully saturated rings. The Hall–Kier alpha value is -3.09. The highest BCUT2D eigenvalue weighted by atomic mass is 16.2. The fourth-order valence-electron chi connectivity index (χ4n) is 4.19. The molecule has 0 bridgehead atoms. The van der Waals surface area contributed by atoms with Gasteiger partial charge in [-0.1, -0.05) is 42.0 Å². The van der Waals surface area contributed by atoms with Crippen molar-refractivity contribution in [1.29, 1.82) is 0 Å². The Morgan fingerprint density at radius 3 is 2.55 bits per heavy atom. The van der Waals surface area contributed by atoms with E-state index in [0.29, 0.717) is 19.6 Å². The van der Waals surface area contributed by atoms with Crippen molar-refractivity contribution >= 4 is 17.5 Å². The second-order valence-electron chi connectivity index (χ2n) is 8.25. The molecule has 2 aromatic rings. The van der Waals surface area contributed by atoms with E-state index in [1.807, 2.05) is 32.1 Å². The predicted octanol–water partition coefficient (Wildman–Crippen LogP) is 2.92. The third-order valence-corrected chi connectivity index (χ3v) is 5.90. The Bertz CT molecular complexity index is 1070. The number of rotatable bonds is 7. The van der Waals surface area contributed by atoms with Crippen LogP contribution in [0.5, 0.6) is 0 Å². The summed E-state index contributed by atoms with van der Waals surface area (Å²) in [5.74, 6) is -0.545. The molecular weight excluding hydrogens is 388 g/mol. The molecule has 0 saturated heterocycles. The van der Waals surface area contributed by atoms with Gasteiger partial charge in [-0.2, -0.15) is 0 Å². The molecule has 2 heterocycles. The van der Waals surface area contributed by atoms with E-state index >= 15 is 0 Å². The van der Waals surface area contributed by atoms with Gasteiger partial charge >= 0.3 is 0 Å². The summed E-state index contributed by atoms with van der Waals surface area (Å²) in [4.78, 5) is 31.3. The molecule has 2 aromatic carbocycles. The van der Waals surface area contributed by atoms with Crippen LogP contribution in [0.2, 0.25) is 0 Å². The highest BCUT2D eigenvalue weighted by Crippen LogP contribution is 2.30. The van der Waals surface area contributed by atoms with Gasteiger partial charge in [0.05, 0.1) is 5.92 Å². The van der Waals surface area contributed by atoms with Crippen LogP contribution in [0.25, 0.3) is 11.1 Å². The second kappa shape index (κ2) is 8.96. The zero-order valence-electron chi connectivity index (χ0n) is 18.0. The first kappa shape index (κ1) is 21.2. The van der Waals surface area contributed by atoms with Gasteiger partial charge in [-0.05, 0) is 48.2 Å². The van der Waals surface area contributed by atoms with Crippen LogP contribution in [0.4, 0.5) is 0 Å². The number of nitrogens with one attached hydrogen (secondary N) is 1. The summed E-state index contributed by atoms with van der Waals surface area (Å²) in [5.41, 5.74) is 12.2. The van der Waals surface area contributed by atoms with Gasteiger partial charge in [0.15, 0.2) is 0 Å². The summed E-state index contributed by atoms with van der Waals surface area (Å²) in [6.07, 6.45) is 1.92. The van der Waals surface area contributed by atoms with E-state index in [2.05, 4.69) is 40.6 Å². The lowest BCUT2D eigenvalue weighted by Crippen LogP contribution is -2.35. The Kier molecular flexibility index (Phi) is 6.11. The molecular formula is C25H28N4O2. The minimum atomic E-state index is -0.359. The van der Waals surface area contributed by atoms with Gasteiger partial charge in [-0.3, -0.25) is 9.59 Å². The number of dihydropyridines is 1. The van der Waals surface area contributed by atoms with Crippen molar-refractivity contribution in [2.24, 2.45) is 16.6 Å². The molecule has 31 heavy (non-hydrogen) atoms. The smallest absolute Gasteiger partial charge is 0.254 e. The summed E-state index contributed by atoms with van der Waals surface area (Å²) in [6.45, 7) is 6.84. The molecule has 4 rings (SSSR count). The van der Waals surface area contributed by atoms with Crippen molar-refractivity contribution in [2.45, 2.75) is 26.9 Å². The molecule has 2 aliphatic rings. The van der Waals surface area contributed by atoms with Gasteiger partial charge in [-0.25, -0.2) is 4.99 Å². The van der Waals surface area contributed by atoms with Crippen molar-refractivity contribution in [1.82, 2.24) is 10.2 Å². The number of fused-ring (bicyclic) bond motifs is 1. The van der Waals surface area contributed by atoms with Gasteiger partial charge in [-0.15, -0.1) is 0 Å². The summed E-state index contributed by atoms with van der Waals surface area (Å²) < 4.78 is 0. The predicted molar refractivity (Wildman–Crippen MR) is 123 cm³/mol. The number of hydrogen-bond acceptors (Lipinski definition) is 4. The summed E-state index contributed by atoms with van der Waals surface area (Å²) in [5, 5.41) is 3.29. The van der Waals surface area contributed by atoms with Gasteiger partial charge in [0, 0.05) is 44.0 Å². The quantitative estimate of drug-likeness (QED) is 0.680. The average Bonchev–Trinajstić information content (AvgIpc) is 3.06. The molecule has 0 aromatic heterocycles. The molecule has 6 nitrogen and oxygen atoms in total. The zero-order chi connectivity index (χ0) is 22.0. The van der Waals surface area contributed by atoms with E-state index in [1.54, 1.807) is 4.90 Å². The molecule has 160 valence electrons. The molecule has 0 radical (unpaired) electrons. The van der Waals surface area contributed by atoms with Gasteiger partial charge in [0.1, 0.15) is 0 Å². The van der Waals surface area contributed by atoms with Crippen molar-refractivity contribution in [3.8, 4) is 11.1 Å². The lowest BCUT2D eigenvalue weighted by atomic mass is 9.95. The van der Waals surface area contributed by atoms with Crippen LogP contribution in [-0.2, 0) is 17.9 Å². The number of carbonyl (C=O) groups excluding carboxylic acids is 2. The first-order chi connectivity index (χ1) is 15.0. The van der Waals surface area contributed by atoms with Gasteiger partial charge < -0.3 is 16.0 Å². The van der Waals surface area contributed by atoms with Gasteiger partial charge in [0.25, 0.3) is 11.8 Å². The number of hydrogen-bond donors (Lipinski definition) is 2. The normalized spacial score (nSPS) is 18.2. The monoisotopic (exact) mass is 416 g/mol. The first-order valence-electron chi connectivity index (χ1n) is 10.7. The zero-order valence-corrected chi connectivity index (χ0v) is 18.0. The number of nitrogens with two attached hydrogens (primary N) is 1. The Morgan fingerprint density at radius 1 is 1.10 bits per heavy atom. The molecule has 0 saturated carbocycles. The molecule has 2 amide bonds. The summed E-state index contributed by atoms with van der Waals surface area (Å²) >= 11 is 0. The molecule has 6 heteroatoms. The number of aliphatic imine (C=N–C) groups is 1. The third kappa shape index (κ3) is 4.50. The molecule has 1 unspecified atom stereocenters. The third-order valence-electron chi connectivity index (χ3n) is 5.90. The maximum absolute atomic E-state index is 13.1. The Labute approximate surface area is 182 Å². The molecule has 0 aliphatic carbocycles. The van der Waals surface area contributed by atoms with Crippen LogP contribution >= 0.6 is 0 Å². The van der Waals surface area contributed by atoms with E-state index in [1.165, 1.54) is 5.56 Å². The standard InChI is InChI=1S/C25H28N4O2/c1-16-11-17(2)28-24(30)23(16)15-29-14-21-8-7-20(12-22(21)25(29)31)19-5-3-18(4-6-19)13-27-10-9-26/h3-8,11-12,23,27H,9-10,13-15,26H2,1-2H3. The molecule has 3 N–H and O–H groups in total. The molecule has 0 spiro atoms. The van der Waals surface area contributed by atoms with Gasteiger partial charge in [0.2, 0.25) is 0 Å². The average molecular weight is 417 g/mol. The number of carbonyl (C=O) groups is 2. The van der Waals surface area contributed by atoms with E-state index in [9.17, 15) is 9.59 Å². The lowest BCUT2D eigenvalue weighted by molar-refractivity contribution is -0.120. The molecule has 1 atom stereocenters. The topological polar surface area (TPSA) is 87.8 Å². The Balaban J connectivity index is 1.48. The van der Waals surface area contributed by atoms with Crippen LogP contribution < -0.4 is 11.1 Å². The summed E-state index contributed by atoms with van der Waals surface area (Å²) in [7, 11) is 0. The van der Waals surface area contributed by atoms with Crippen LogP contribution in [0, 0.1) is 5.92 Å². The van der Waals surface area contributed by atoms with Crippen molar-refractivity contribution in [3.05, 3.63) is 70.8 Å². The summed E-state index contributed by atoms with van der Waals surface area (Å²) in [6, 6.07) is 14.4. The van der Waals surface area contributed by atoms with Crippen LogP contribution in [0.1, 0.15) is 35.3 Å². The first-order valence-corrected chi connectivity index (χ1v) is 10.7. The highest BCUT2D eigenvalue weighted by Gasteiger charge is 2.33. The van der Waals surface area contributed by atoms with Crippen molar-refractivity contribution in [2.75, 3.05) is 19.6 Å². The van der Waals surface area contributed by atoms with Crippen LogP contribution in [0.15, 0.2) is 59.1 Å². The van der Waals surface area contributed by atoms with Crippen molar-refractivity contribution in [3.63, 3.8) is 0 Å². The maximum Gasteiger partial charge on any atom is 0.254 e. The van der Waals surface area contributed by atoms with E-state index in [4.69, 9.17) is 5.73 Å². The van der Waals surface area contributed by atoms with Crippen LogP contribution in [0.3, 0.4) is 0 Å².